The summed E-state index contributed by atoms with van der Waals surface area (Å²) >= 11 is 0. The minimum absolute atomic E-state index is 0.212. The van der Waals surface area contributed by atoms with Gasteiger partial charge in [0.1, 0.15) is 0 Å². The molecule has 24 heavy (non-hydrogen) atoms. The highest BCUT2D eigenvalue weighted by atomic mass is 32.2. The smallest absolute Gasteiger partial charge is 0.346 e. The summed E-state index contributed by atoms with van der Waals surface area (Å²) in [5.41, 5.74) is -0.543. The van der Waals surface area contributed by atoms with E-state index in [2.05, 4.69) is 4.74 Å². The van der Waals surface area contributed by atoms with Crippen molar-refractivity contribution in [3.05, 3.63) is 28.3 Å². The van der Waals surface area contributed by atoms with E-state index in [1.54, 1.807) is 13.8 Å². The van der Waals surface area contributed by atoms with Crippen LogP contribution in [0.2, 0.25) is 0 Å². The van der Waals surface area contributed by atoms with Gasteiger partial charge in [0.05, 0.1) is 16.9 Å². The van der Waals surface area contributed by atoms with Crippen LogP contribution in [0, 0.1) is 10.1 Å². The first-order valence-electron chi connectivity index (χ1n) is 7.22. The minimum atomic E-state index is -3.84. The van der Waals surface area contributed by atoms with Gasteiger partial charge in [0.25, 0.3) is 0 Å². The highest BCUT2D eigenvalue weighted by Gasteiger charge is 2.27. The molecule has 0 radical (unpaired) electrons. The van der Waals surface area contributed by atoms with E-state index in [0.29, 0.717) is 0 Å². The van der Waals surface area contributed by atoms with Gasteiger partial charge in [-0.15, -0.1) is 0 Å². The van der Waals surface area contributed by atoms with Gasteiger partial charge in [0.2, 0.25) is 10.0 Å². The fraction of sp³-hybridized carbons (Fsp3) is 0.500. The fourth-order valence-corrected chi connectivity index (χ4v) is 3.50. The molecule has 0 aliphatic heterocycles. The molecule has 9 nitrogen and oxygen atoms in total. The zero-order chi connectivity index (χ0) is 18.5. The number of hydrogen-bond donors (Lipinski definition) is 0. The van der Waals surface area contributed by atoms with Crippen LogP contribution in [0.15, 0.2) is 23.1 Å². The third kappa shape index (κ3) is 4.20. The minimum Gasteiger partial charge on any atom is -0.472 e. The Balaban J connectivity index is 3.30. The predicted octanol–water partition coefficient (Wildman–Crippen LogP) is 1.57. The lowest BCUT2D eigenvalue weighted by molar-refractivity contribution is -0.386. The largest absolute Gasteiger partial charge is 0.472 e. The lowest BCUT2D eigenvalue weighted by Crippen LogP contribution is -2.30. The van der Waals surface area contributed by atoms with Crippen molar-refractivity contribution in [1.82, 2.24) is 4.31 Å². The molecule has 0 spiro atoms. The van der Waals surface area contributed by atoms with Gasteiger partial charge < -0.3 is 9.47 Å². The summed E-state index contributed by atoms with van der Waals surface area (Å²) in [6, 6.07) is 3.29. The Morgan fingerprint density at radius 3 is 2.38 bits per heavy atom. The van der Waals surface area contributed by atoms with Crippen molar-refractivity contribution in [1.29, 1.82) is 0 Å². The number of nitro benzene ring substituents is 1. The van der Waals surface area contributed by atoms with E-state index in [9.17, 15) is 23.3 Å². The first kappa shape index (κ1) is 19.8. The zero-order valence-corrected chi connectivity index (χ0v) is 14.7. The van der Waals surface area contributed by atoms with Crippen LogP contribution in [-0.2, 0) is 19.6 Å². The summed E-state index contributed by atoms with van der Waals surface area (Å²) in [5, 5.41) is 11.2. The van der Waals surface area contributed by atoms with Crippen LogP contribution in [-0.4, -0.2) is 49.9 Å². The number of ether oxygens (including phenoxy) is 2. The van der Waals surface area contributed by atoms with Gasteiger partial charge in [-0.05, 0) is 19.1 Å². The van der Waals surface area contributed by atoms with Crippen molar-refractivity contribution in [2.75, 3.05) is 20.2 Å². The molecule has 134 valence electrons. The van der Waals surface area contributed by atoms with Crippen LogP contribution in [0.1, 0.15) is 20.8 Å². The number of esters is 1. The van der Waals surface area contributed by atoms with Crippen LogP contribution in [0.5, 0.6) is 5.75 Å². The van der Waals surface area contributed by atoms with Gasteiger partial charge in [0, 0.05) is 19.2 Å². The van der Waals surface area contributed by atoms with Crippen LogP contribution in [0.25, 0.3) is 0 Å². The topological polar surface area (TPSA) is 116 Å². The number of methoxy groups -OCH3 is 1. The maximum Gasteiger partial charge on any atom is 0.346 e. The van der Waals surface area contributed by atoms with Crippen LogP contribution >= 0.6 is 0 Å². The molecule has 0 saturated heterocycles. The Morgan fingerprint density at radius 1 is 1.33 bits per heavy atom. The van der Waals surface area contributed by atoms with Crippen LogP contribution in [0.4, 0.5) is 5.69 Å². The van der Waals surface area contributed by atoms with Crippen molar-refractivity contribution in [2.24, 2.45) is 0 Å². The Bertz CT molecular complexity index is 714. The molecule has 0 aromatic heterocycles. The van der Waals surface area contributed by atoms with Crippen molar-refractivity contribution >= 4 is 21.7 Å². The lowest BCUT2D eigenvalue weighted by Gasteiger charge is -2.19. The average molecular weight is 360 g/mol. The Labute approximate surface area is 140 Å². The fourth-order valence-electron chi connectivity index (χ4n) is 2.02. The molecule has 10 heteroatoms. The standard InChI is InChI=1S/C14H20N2O7S/c1-5-15(6-2)24(20,21)11-7-8-13(12(9-11)16(18)19)23-10(3)14(17)22-4/h7-10H,5-6H2,1-4H3/t10-/m1/s1. The number of benzene rings is 1. The average Bonchev–Trinajstić information content (AvgIpc) is 2.54. The maximum absolute atomic E-state index is 12.4. The molecule has 0 aliphatic rings. The second kappa shape index (κ2) is 8.06. The molecule has 0 aliphatic carbocycles. The van der Waals surface area contributed by atoms with Crippen LogP contribution in [0.3, 0.4) is 0 Å². The van der Waals surface area contributed by atoms with E-state index in [0.717, 1.165) is 19.2 Å². The molecule has 0 heterocycles. The third-order valence-electron chi connectivity index (χ3n) is 3.31. The summed E-state index contributed by atoms with van der Waals surface area (Å²) in [6.07, 6.45) is -1.07. The van der Waals surface area contributed by atoms with Gasteiger partial charge in [0.15, 0.2) is 11.9 Å². The molecule has 0 bridgehead atoms. The summed E-state index contributed by atoms with van der Waals surface area (Å²) in [5.74, 6) is -0.916. The highest BCUT2D eigenvalue weighted by Crippen LogP contribution is 2.31. The first-order valence-corrected chi connectivity index (χ1v) is 8.66. The van der Waals surface area contributed by atoms with Crippen molar-refractivity contribution < 1.29 is 27.6 Å². The number of carbonyl (C=O) groups is 1. The Morgan fingerprint density at radius 2 is 1.92 bits per heavy atom. The predicted molar refractivity (Wildman–Crippen MR) is 85.3 cm³/mol. The zero-order valence-electron chi connectivity index (χ0n) is 13.9. The summed E-state index contributed by atoms with van der Waals surface area (Å²) in [7, 11) is -2.68. The number of rotatable bonds is 8. The molecule has 0 saturated carbocycles. The molecule has 1 rings (SSSR count). The molecule has 1 atom stereocenters. The number of nitrogens with zero attached hydrogens (tertiary/aromatic N) is 2. The van der Waals surface area contributed by atoms with Gasteiger partial charge in [-0.1, -0.05) is 13.8 Å². The maximum atomic E-state index is 12.4. The number of carbonyl (C=O) groups excluding carboxylic acids is 1. The van der Waals surface area contributed by atoms with Crippen molar-refractivity contribution in [2.45, 2.75) is 31.8 Å². The molecular formula is C14H20N2O7S. The number of nitro groups is 1. The summed E-state index contributed by atoms with van der Waals surface area (Å²) in [6.45, 7) is 5.20. The van der Waals surface area contributed by atoms with Gasteiger partial charge in [-0.3, -0.25) is 10.1 Å². The highest BCUT2D eigenvalue weighted by molar-refractivity contribution is 7.89. The van der Waals surface area contributed by atoms with Gasteiger partial charge in [-0.25, -0.2) is 13.2 Å². The normalized spacial score (nSPS) is 12.7. The van der Waals surface area contributed by atoms with E-state index >= 15 is 0 Å². The molecular weight excluding hydrogens is 340 g/mol. The SMILES string of the molecule is CCN(CC)S(=O)(=O)c1ccc(O[C@H](C)C(=O)OC)c([N+](=O)[O-])c1. The molecule has 1 aromatic rings. The second-order valence-electron chi connectivity index (χ2n) is 4.76. The van der Waals surface area contributed by atoms with Crippen molar-refractivity contribution in [3.63, 3.8) is 0 Å². The van der Waals surface area contributed by atoms with E-state index < -0.39 is 32.7 Å². The number of hydrogen-bond acceptors (Lipinski definition) is 7. The van der Waals surface area contributed by atoms with Gasteiger partial charge in [-0.2, -0.15) is 4.31 Å². The van der Waals surface area contributed by atoms with E-state index in [1.807, 2.05) is 0 Å². The van der Waals surface area contributed by atoms with Gasteiger partial charge >= 0.3 is 11.7 Å². The Hall–Kier alpha value is -2.20. The first-order chi connectivity index (χ1) is 11.2. The number of sulfonamides is 1. The quantitative estimate of drug-likeness (QED) is 0.392. The molecule has 0 N–H and O–H groups in total. The van der Waals surface area contributed by atoms with Crippen LogP contribution < -0.4 is 4.74 Å². The van der Waals surface area contributed by atoms with E-state index in [1.165, 1.54) is 17.3 Å². The van der Waals surface area contributed by atoms with E-state index in [-0.39, 0.29) is 23.7 Å². The lowest BCUT2D eigenvalue weighted by atomic mass is 10.3. The monoisotopic (exact) mass is 360 g/mol. The summed E-state index contributed by atoms with van der Waals surface area (Å²) < 4.78 is 35.8. The van der Waals surface area contributed by atoms with E-state index in [4.69, 9.17) is 4.74 Å². The molecule has 0 unspecified atom stereocenters. The summed E-state index contributed by atoms with van der Waals surface area (Å²) in [4.78, 5) is 21.6. The Kier molecular flexibility index (Phi) is 6.67. The molecule has 0 amide bonds. The molecule has 1 aromatic carbocycles. The second-order valence-corrected chi connectivity index (χ2v) is 6.70. The third-order valence-corrected chi connectivity index (χ3v) is 5.35. The van der Waals surface area contributed by atoms with Crippen molar-refractivity contribution in [3.8, 4) is 5.75 Å². The molecule has 0 fully saturated rings.